The number of nitrogens with zero attached hydrogens (tertiary/aromatic N) is 1. The molecule has 1 unspecified atom stereocenters. The maximum absolute atomic E-state index is 11.7. The number of fused-ring (bicyclic) bond motifs is 1. The Labute approximate surface area is 94.4 Å². The highest BCUT2D eigenvalue weighted by Gasteiger charge is 2.29. The van der Waals surface area contributed by atoms with Crippen molar-refractivity contribution in [1.29, 1.82) is 0 Å². The van der Waals surface area contributed by atoms with Gasteiger partial charge in [-0.1, -0.05) is 12.1 Å². The van der Waals surface area contributed by atoms with E-state index >= 15 is 0 Å². The molecule has 1 aliphatic rings. The largest absolute Gasteiger partial charge is 0.326 e. The minimum atomic E-state index is -3.42. The van der Waals surface area contributed by atoms with Crippen molar-refractivity contribution in [2.45, 2.75) is 17.9 Å². The van der Waals surface area contributed by atoms with Crippen LogP contribution in [-0.2, 0) is 10.0 Å². The molecule has 5 nitrogen and oxygen atoms in total. The molecule has 2 rings (SSSR count). The fourth-order valence-corrected chi connectivity index (χ4v) is 2.74. The number of hydrogen-bond acceptors (Lipinski definition) is 4. The molecule has 0 spiro atoms. The second kappa shape index (κ2) is 3.88. The average molecular weight is 239 g/mol. The summed E-state index contributed by atoms with van der Waals surface area (Å²) < 4.78 is 25.8. The van der Waals surface area contributed by atoms with Gasteiger partial charge in [0.1, 0.15) is 5.84 Å². The molecule has 0 radical (unpaired) electrons. The first kappa shape index (κ1) is 11.1. The van der Waals surface area contributed by atoms with E-state index in [9.17, 15) is 8.42 Å². The van der Waals surface area contributed by atoms with Crippen LogP contribution in [0.25, 0.3) is 0 Å². The van der Waals surface area contributed by atoms with Crippen molar-refractivity contribution in [3.63, 3.8) is 0 Å². The smallest absolute Gasteiger partial charge is 0.263 e. The topological polar surface area (TPSA) is 84.5 Å². The standard InChI is InChI=1S/C10H13N3O2S/c1-7(11)6-12-10-8-4-2-3-5-9(8)16(14,15)13-10/h2-5,7H,6,11H2,1H3,(H,12,13). The van der Waals surface area contributed by atoms with Crippen LogP contribution >= 0.6 is 0 Å². The van der Waals surface area contributed by atoms with Gasteiger partial charge in [-0.05, 0) is 19.1 Å². The summed E-state index contributed by atoms with van der Waals surface area (Å²) in [6.07, 6.45) is 0. The monoisotopic (exact) mass is 239 g/mol. The molecule has 0 saturated carbocycles. The van der Waals surface area contributed by atoms with Gasteiger partial charge in [0, 0.05) is 11.6 Å². The zero-order chi connectivity index (χ0) is 11.8. The molecule has 0 aliphatic carbocycles. The van der Waals surface area contributed by atoms with Gasteiger partial charge in [0.05, 0.1) is 11.4 Å². The first-order valence-corrected chi connectivity index (χ1v) is 6.41. The number of rotatable bonds is 2. The van der Waals surface area contributed by atoms with Crippen LogP contribution in [0.15, 0.2) is 34.2 Å². The van der Waals surface area contributed by atoms with Gasteiger partial charge in [-0.25, -0.2) is 8.42 Å². The van der Waals surface area contributed by atoms with Crippen molar-refractivity contribution in [1.82, 2.24) is 4.72 Å². The van der Waals surface area contributed by atoms with Gasteiger partial charge in [0.25, 0.3) is 10.0 Å². The minimum Gasteiger partial charge on any atom is -0.326 e. The second-order valence-corrected chi connectivity index (χ2v) is 5.42. The lowest BCUT2D eigenvalue weighted by molar-refractivity contribution is 0.595. The zero-order valence-corrected chi connectivity index (χ0v) is 9.66. The second-order valence-electron chi connectivity index (χ2n) is 3.77. The van der Waals surface area contributed by atoms with Crippen molar-refractivity contribution in [2.75, 3.05) is 6.54 Å². The van der Waals surface area contributed by atoms with Gasteiger partial charge >= 0.3 is 0 Å². The number of hydrogen-bond donors (Lipinski definition) is 2. The van der Waals surface area contributed by atoms with Gasteiger partial charge in [-0.2, -0.15) is 0 Å². The van der Waals surface area contributed by atoms with E-state index in [1.54, 1.807) is 24.3 Å². The molecule has 1 aromatic rings. The average Bonchev–Trinajstić information content (AvgIpc) is 2.49. The van der Waals surface area contributed by atoms with Crippen LogP contribution < -0.4 is 10.5 Å². The first-order chi connectivity index (χ1) is 7.50. The molecule has 1 aliphatic heterocycles. The summed E-state index contributed by atoms with van der Waals surface area (Å²) in [4.78, 5) is 4.44. The Kier molecular flexibility index (Phi) is 2.69. The Morgan fingerprint density at radius 1 is 1.44 bits per heavy atom. The van der Waals surface area contributed by atoms with E-state index in [-0.39, 0.29) is 10.9 Å². The van der Waals surface area contributed by atoms with Crippen LogP contribution in [0.1, 0.15) is 12.5 Å². The normalized spacial score (nSPS) is 21.5. The van der Waals surface area contributed by atoms with Gasteiger partial charge in [-0.3, -0.25) is 9.71 Å². The number of aliphatic imine (C=N–C) groups is 1. The Bertz CT molecular complexity index is 535. The molecule has 6 heteroatoms. The molecule has 86 valence electrons. The Balaban J connectivity index is 2.45. The fourth-order valence-electron chi connectivity index (χ4n) is 1.49. The maximum atomic E-state index is 11.7. The third-order valence-corrected chi connectivity index (χ3v) is 3.60. The Morgan fingerprint density at radius 2 is 2.12 bits per heavy atom. The van der Waals surface area contributed by atoms with E-state index in [4.69, 9.17) is 5.73 Å². The maximum Gasteiger partial charge on any atom is 0.263 e. The number of nitrogens with two attached hydrogens (primary N) is 1. The number of benzene rings is 1. The van der Waals surface area contributed by atoms with Crippen molar-refractivity contribution < 1.29 is 8.42 Å². The minimum absolute atomic E-state index is 0.0928. The van der Waals surface area contributed by atoms with Gasteiger partial charge in [0.15, 0.2) is 0 Å². The Morgan fingerprint density at radius 3 is 2.81 bits per heavy atom. The highest BCUT2D eigenvalue weighted by atomic mass is 32.2. The van der Waals surface area contributed by atoms with Crippen molar-refractivity contribution in [3.8, 4) is 0 Å². The van der Waals surface area contributed by atoms with Crippen LogP contribution in [0.3, 0.4) is 0 Å². The van der Waals surface area contributed by atoms with Crippen LogP contribution in [-0.4, -0.2) is 26.8 Å². The lowest BCUT2D eigenvalue weighted by Gasteiger charge is -2.01. The quantitative estimate of drug-likeness (QED) is 0.766. The van der Waals surface area contributed by atoms with Crippen LogP contribution in [0.4, 0.5) is 0 Å². The van der Waals surface area contributed by atoms with E-state index in [0.717, 1.165) is 0 Å². The summed E-state index contributed by atoms with van der Waals surface area (Å²) in [5.74, 6) is 0.382. The molecule has 1 atom stereocenters. The first-order valence-electron chi connectivity index (χ1n) is 4.93. The molecule has 0 saturated heterocycles. The summed E-state index contributed by atoms with van der Waals surface area (Å²) in [6.45, 7) is 2.21. The summed E-state index contributed by atoms with van der Waals surface area (Å²) in [7, 11) is -3.42. The molecule has 16 heavy (non-hydrogen) atoms. The lowest BCUT2D eigenvalue weighted by Crippen LogP contribution is -2.25. The number of sulfonamides is 1. The third kappa shape index (κ3) is 1.94. The van der Waals surface area contributed by atoms with Crippen molar-refractivity contribution in [2.24, 2.45) is 10.7 Å². The van der Waals surface area contributed by atoms with E-state index in [2.05, 4.69) is 9.71 Å². The van der Waals surface area contributed by atoms with E-state index in [1.807, 2.05) is 6.92 Å². The summed E-state index contributed by atoms with van der Waals surface area (Å²) in [5.41, 5.74) is 6.19. The van der Waals surface area contributed by atoms with Gasteiger partial charge in [0.2, 0.25) is 0 Å². The van der Waals surface area contributed by atoms with Crippen LogP contribution in [0.2, 0.25) is 0 Å². The van der Waals surface area contributed by atoms with E-state index in [1.165, 1.54) is 0 Å². The predicted molar refractivity (Wildman–Crippen MR) is 61.8 cm³/mol. The zero-order valence-electron chi connectivity index (χ0n) is 8.84. The molecule has 1 aromatic carbocycles. The Hall–Kier alpha value is -1.40. The molecule has 0 amide bonds. The molecular weight excluding hydrogens is 226 g/mol. The summed E-state index contributed by atoms with van der Waals surface area (Å²) >= 11 is 0. The molecule has 1 heterocycles. The van der Waals surface area contributed by atoms with E-state index < -0.39 is 10.0 Å². The van der Waals surface area contributed by atoms with Gasteiger partial charge < -0.3 is 5.73 Å². The third-order valence-electron chi connectivity index (χ3n) is 2.20. The molecule has 0 bridgehead atoms. The van der Waals surface area contributed by atoms with Crippen molar-refractivity contribution >= 4 is 15.9 Å². The van der Waals surface area contributed by atoms with Crippen LogP contribution in [0, 0.1) is 0 Å². The molecule has 0 aromatic heterocycles. The molecule has 3 N–H and O–H groups in total. The summed E-state index contributed by atoms with van der Waals surface area (Å²) in [6, 6.07) is 6.67. The fraction of sp³-hybridized carbons (Fsp3) is 0.300. The number of amidine groups is 1. The molecule has 0 fully saturated rings. The SMILES string of the molecule is CC(N)CN=C1NS(=O)(=O)c2ccccc21. The predicted octanol–water partition coefficient (Wildman–Crippen LogP) is 0.0723. The summed E-state index contributed by atoms with van der Waals surface area (Å²) in [5, 5.41) is 0. The van der Waals surface area contributed by atoms with Crippen molar-refractivity contribution in [3.05, 3.63) is 29.8 Å². The highest BCUT2D eigenvalue weighted by molar-refractivity contribution is 7.90. The van der Waals surface area contributed by atoms with E-state index in [0.29, 0.717) is 17.9 Å². The molecular formula is C10H13N3O2S. The van der Waals surface area contributed by atoms with Gasteiger partial charge in [-0.15, -0.1) is 0 Å². The van der Waals surface area contributed by atoms with Crippen LogP contribution in [0.5, 0.6) is 0 Å². The highest BCUT2D eigenvalue weighted by Crippen LogP contribution is 2.21. The lowest BCUT2D eigenvalue weighted by atomic mass is 10.2. The number of nitrogens with one attached hydrogen (secondary N) is 1.